The quantitative estimate of drug-likeness (QED) is 0.738. The van der Waals surface area contributed by atoms with Gasteiger partial charge in [0.1, 0.15) is 0 Å². The summed E-state index contributed by atoms with van der Waals surface area (Å²) in [6, 6.07) is 9.86. The summed E-state index contributed by atoms with van der Waals surface area (Å²) in [5.74, 6) is -0.0122. The molecule has 3 heteroatoms. The van der Waals surface area contributed by atoms with Crippen molar-refractivity contribution in [3.8, 4) is 0 Å². The lowest BCUT2D eigenvalue weighted by atomic mass is 10.1. The van der Waals surface area contributed by atoms with Gasteiger partial charge < -0.3 is 9.47 Å². The maximum Gasteiger partial charge on any atom is 0.308 e. The van der Waals surface area contributed by atoms with Crippen molar-refractivity contribution in [2.75, 3.05) is 0 Å². The molecular weight excluding hydrogens is 204 g/mol. The Morgan fingerprint density at radius 2 is 2.06 bits per heavy atom. The van der Waals surface area contributed by atoms with Crippen LogP contribution in [0.25, 0.3) is 0 Å². The first-order valence-corrected chi connectivity index (χ1v) is 5.11. The Kier molecular flexibility index (Phi) is 4.50. The number of cyclic esters (lactones) is 1. The van der Waals surface area contributed by atoms with Crippen molar-refractivity contribution in [1.82, 2.24) is 0 Å². The maximum absolute atomic E-state index is 11.0. The molecule has 0 aliphatic carbocycles. The van der Waals surface area contributed by atoms with E-state index in [1.807, 2.05) is 37.3 Å². The zero-order valence-corrected chi connectivity index (χ0v) is 8.68. The van der Waals surface area contributed by atoms with Crippen LogP contribution in [0.5, 0.6) is 0 Å². The van der Waals surface area contributed by atoms with Crippen LogP contribution in [0.4, 0.5) is 0 Å². The average molecular weight is 222 g/mol. The van der Waals surface area contributed by atoms with Crippen LogP contribution in [0, 0.1) is 5.92 Å². The third-order valence-electron chi connectivity index (χ3n) is 2.46. The molecule has 1 aliphatic heterocycles. The van der Waals surface area contributed by atoms with Crippen molar-refractivity contribution in [3.63, 3.8) is 0 Å². The zero-order valence-electron chi connectivity index (χ0n) is 8.68. The number of hydrogen-bond donors (Lipinski definition) is 0. The predicted octanol–water partition coefficient (Wildman–Crippen LogP) is 2.75. The zero-order chi connectivity index (χ0) is 10.7. The molecule has 0 radical (unpaired) electrons. The smallest absolute Gasteiger partial charge is 0.308 e. The average Bonchev–Trinajstić information content (AvgIpc) is 2.56. The van der Waals surface area contributed by atoms with E-state index >= 15 is 0 Å². The topological polar surface area (TPSA) is 35.5 Å². The summed E-state index contributed by atoms with van der Waals surface area (Å²) in [6.07, 6.45) is 0.0807. The van der Waals surface area contributed by atoms with Gasteiger partial charge in [-0.05, 0) is 5.56 Å². The Morgan fingerprint density at radius 3 is 2.62 bits per heavy atom. The molecule has 2 rings (SSSR count). The fraction of sp³-hybridized carbons (Fsp3) is 0.462. The van der Waals surface area contributed by atoms with Crippen LogP contribution in [0.1, 0.15) is 26.3 Å². The van der Waals surface area contributed by atoms with Gasteiger partial charge in [-0.2, -0.15) is 0 Å². The van der Waals surface area contributed by atoms with Gasteiger partial charge in [0, 0.05) is 5.92 Å². The summed E-state index contributed by atoms with van der Waals surface area (Å²) in [7, 11) is 0. The predicted molar refractivity (Wildman–Crippen MR) is 61.6 cm³/mol. The molecule has 2 atom stereocenters. The van der Waals surface area contributed by atoms with Gasteiger partial charge in [-0.25, -0.2) is 0 Å². The second-order valence-electron chi connectivity index (χ2n) is 3.84. The number of rotatable bonds is 3. The number of benzene rings is 1. The number of carbonyl (C=O) groups is 1. The largest absolute Gasteiger partial charge is 0.435 e. The molecule has 0 spiro atoms. The second kappa shape index (κ2) is 5.66. The van der Waals surface area contributed by atoms with Gasteiger partial charge in [-0.3, -0.25) is 4.79 Å². The molecular formula is C13H18O3. The summed E-state index contributed by atoms with van der Waals surface area (Å²) in [5, 5.41) is 0. The highest BCUT2D eigenvalue weighted by Crippen LogP contribution is 2.23. The molecule has 0 amide bonds. The van der Waals surface area contributed by atoms with E-state index in [-0.39, 0.29) is 25.6 Å². The van der Waals surface area contributed by atoms with Gasteiger partial charge in [0.2, 0.25) is 6.29 Å². The van der Waals surface area contributed by atoms with Crippen LogP contribution in [0.15, 0.2) is 30.3 Å². The summed E-state index contributed by atoms with van der Waals surface area (Å²) in [6.45, 7) is 2.45. The number of carbonyl (C=O) groups excluding carboxylic acids is 1. The summed E-state index contributed by atoms with van der Waals surface area (Å²) >= 11 is 0. The molecule has 1 fully saturated rings. The van der Waals surface area contributed by atoms with Crippen molar-refractivity contribution in [1.29, 1.82) is 0 Å². The van der Waals surface area contributed by atoms with Crippen molar-refractivity contribution >= 4 is 5.97 Å². The lowest BCUT2D eigenvalue weighted by Gasteiger charge is -2.14. The summed E-state index contributed by atoms with van der Waals surface area (Å²) in [5.41, 5.74) is 1.09. The molecule has 1 aromatic rings. The van der Waals surface area contributed by atoms with Gasteiger partial charge in [0.25, 0.3) is 0 Å². The molecule has 1 saturated heterocycles. The van der Waals surface area contributed by atoms with Crippen LogP contribution in [0.2, 0.25) is 0 Å². The molecule has 0 aromatic heterocycles. The summed E-state index contributed by atoms with van der Waals surface area (Å²) < 4.78 is 10.6. The van der Waals surface area contributed by atoms with Crippen LogP contribution < -0.4 is 0 Å². The van der Waals surface area contributed by atoms with E-state index in [2.05, 4.69) is 0 Å². The lowest BCUT2D eigenvalue weighted by molar-refractivity contribution is -0.169. The first-order chi connectivity index (χ1) is 7.25. The Labute approximate surface area is 96.4 Å². The van der Waals surface area contributed by atoms with Crippen LogP contribution in [-0.4, -0.2) is 12.3 Å². The molecule has 2 unspecified atom stereocenters. The summed E-state index contributed by atoms with van der Waals surface area (Å²) in [4.78, 5) is 11.0. The van der Waals surface area contributed by atoms with E-state index in [4.69, 9.17) is 9.47 Å². The Balaban J connectivity index is 0.00000128. The number of ether oxygens (including phenoxy) is 2. The minimum atomic E-state index is -0.377. The molecule has 88 valence electrons. The highest BCUT2D eigenvalue weighted by molar-refractivity contribution is 5.71. The molecule has 0 bridgehead atoms. The van der Waals surface area contributed by atoms with Crippen molar-refractivity contribution in [2.45, 2.75) is 33.7 Å². The fourth-order valence-electron chi connectivity index (χ4n) is 1.60. The monoisotopic (exact) mass is 222 g/mol. The Morgan fingerprint density at radius 1 is 1.38 bits per heavy atom. The molecule has 16 heavy (non-hydrogen) atoms. The highest BCUT2D eigenvalue weighted by Gasteiger charge is 2.31. The van der Waals surface area contributed by atoms with Crippen LogP contribution >= 0.6 is 0 Å². The minimum absolute atomic E-state index is 0. The van der Waals surface area contributed by atoms with E-state index in [9.17, 15) is 4.79 Å². The number of hydrogen-bond acceptors (Lipinski definition) is 3. The van der Waals surface area contributed by atoms with Crippen molar-refractivity contribution in [3.05, 3.63) is 35.9 Å². The van der Waals surface area contributed by atoms with Gasteiger partial charge >= 0.3 is 5.97 Å². The molecule has 1 aromatic carbocycles. The van der Waals surface area contributed by atoms with E-state index in [1.54, 1.807) is 0 Å². The first kappa shape index (κ1) is 12.7. The third-order valence-corrected chi connectivity index (χ3v) is 2.46. The van der Waals surface area contributed by atoms with Gasteiger partial charge in [0.15, 0.2) is 0 Å². The highest BCUT2D eigenvalue weighted by atomic mass is 16.7. The van der Waals surface area contributed by atoms with Gasteiger partial charge in [-0.15, -0.1) is 0 Å². The van der Waals surface area contributed by atoms with E-state index in [1.165, 1.54) is 0 Å². The first-order valence-electron chi connectivity index (χ1n) is 5.11. The normalized spacial score (nSPS) is 23.7. The van der Waals surface area contributed by atoms with Crippen molar-refractivity contribution in [2.24, 2.45) is 5.92 Å². The minimum Gasteiger partial charge on any atom is -0.435 e. The SMILES string of the molecule is C.CC1CC(=O)OC1OCc1ccccc1. The third kappa shape index (κ3) is 3.07. The molecule has 1 heterocycles. The number of esters is 1. The second-order valence-corrected chi connectivity index (χ2v) is 3.84. The van der Waals surface area contributed by atoms with Gasteiger partial charge in [0.05, 0.1) is 13.0 Å². The molecule has 0 N–H and O–H groups in total. The van der Waals surface area contributed by atoms with Crippen molar-refractivity contribution < 1.29 is 14.3 Å². The van der Waals surface area contributed by atoms with E-state index in [0.717, 1.165) is 5.56 Å². The fourth-order valence-corrected chi connectivity index (χ4v) is 1.60. The van der Waals surface area contributed by atoms with Crippen LogP contribution in [0.3, 0.4) is 0 Å². The molecule has 3 nitrogen and oxygen atoms in total. The molecule has 1 aliphatic rings. The Bertz CT molecular complexity index is 334. The lowest BCUT2D eigenvalue weighted by Crippen LogP contribution is -2.17. The van der Waals surface area contributed by atoms with Gasteiger partial charge in [-0.1, -0.05) is 44.7 Å². The van der Waals surface area contributed by atoms with Crippen LogP contribution in [-0.2, 0) is 20.9 Å². The van der Waals surface area contributed by atoms with E-state index < -0.39 is 0 Å². The standard InChI is InChI=1S/C12H14O3.CH4/c1-9-7-11(13)15-12(9)14-8-10-5-3-2-4-6-10;/h2-6,9,12H,7-8H2,1H3;1H4. The van der Waals surface area contributed by atoms with E-state index in [0.29, 0.717) is 13.0 Å². The molecule has 0 saturated carbocycles. The Hall–Kier alpha value is -1.35. The maximum atomic E-state index is 11.0.